The van der Waals surface area contributed by atoms with Crippen molar-refractivity contribution in [3.63, 3.8) is 0 Å². The summed E-state index contributed by atoms with van der Waals surface area (Å²) in [5.41, 5.74) is -0.564. The number of hydrogen-bond donors (Lipinski definition) is 1. The molecule has 1 N–H and O–H groups in total. The van der Waals surface area contributed by atoms with E-state index in [4.69, 9.17) is 16.1 Å². The van der Waals surface area contributed by atoms with Gasteiger partial charge in [0.25, 0.3) is 0 Å². The molecule has 2 aromatic heterocycles. The third-order valence-electron chi connectivity index (χ3n) is 9.53. The van der Waals surface area contributed by atoms with Gasteiger partial charge in [0.05, 0.1) is 27.8 Å². The standard InChI is InChI=1S/C34H34F3N5O2/c1-4-23-25(36)11-10-21-8-5-9-24(27(21)23)29-28(37)30-26(20(2)38-29)31(41-14-6-12-33(3,43)18-41)40-32(39-30)44-19-34-13-7-15-42(34)17-22(35)16-34/h1,5,8-11,22,43H,6-7,12-19H2,2-3H3/t22-,33-,34+/m1/s1. The molecule has 3 fully saturated rings. The lowest BCUT2D eigenvalue weighted by molar-refractivity contribution is 0.0447. The van der Waals surface area contributed by atoms with Gasteiger partial charge in [-0.25, -0.2) is 18.2 Å². The lowest BCUT2D eigenvalue weighted by atomic mass is 9.94. The molecule has 7 rings (SSSR count). The average molecular weight is 602 g/mol. The van der Waals surface area contributed by atoms with Gasteiger partial charge in [-0.1, -0.05) is 30.2 Å². The van der Waals surface area contributed by atoms with E-state index >= 15 is 4.39 Å². The van der Waals surface area contributed by atoms with Gasteiger partial charge in [0.15, 0.2) is 5.82 Å². The molecule has 0 amide bonds. The van der Waals surface area contributed by atoms with Crippen molar-refractivity contribution in [2.45, 2.75) is 63.3 Å². The first kappa shape index (κ1) is 28.8. The largest absolute Gasteiger partial charge is 0.461 e. The Morgan fingerprint density at radius 3 is 2.70 bits per heavy atom. The Balaban J connectivity index is 1.40. The molecule has 0 saturated carbocycles. The van der Waals surface area contributed by atoms with Gasteiger partial charge in [-0.05, 0) is 57.5 Å². The molecule has 4 aromatic rings. The van der Waals surface area contributed by atoms with Crippen LogP contribution in [0, 0.1) is 30.9 Å². The summed E-state index contributed by atoms with van der Waals surface area (Å²) in [4.78, 5) is 18.1. The lowest BCUT2D eigenvalue weighted by Crippen LogP contribution is -2.46. The van der Waals surface area contributed by atoms with Gasteiger partial charge in [-0.2, -0.15) is 9.97 Å². The first-order valence-corrected chi connectivity index (χ1v) is 15.1. The smallest absolute Gasteiger partial charge is 0.319 e. The Morgan fingerprint density at radius 1 is 1.09 bits per heavy atom. The van der Waals surface area contributed by atoms with Crippen molar-refractivity contribution in [3.05, 3.63) is 53.2 Å². The minimum Gasteiger partial charge on any atom is -0.461 e. The number of benzene rings is 2. The van der Waals surface area contributed by atoms with Crippen molar-refractivity contribution in [1.29, 1.82) is 0 Å². The van der Waals surface area contributed by atoms with E-state index in [-0.39, 0.29) is 35.9 Å². The second-order valence-electron chi connectivity index (χ2n) is 12.8. The number of anilines is 1. The van der Waals surface area contributed by atoms with Crippen LogP contribution in [0.2, 0.25) is 0 Å². The first-order chi connectivity index (χ1) is 21.1. The molecule has 44 heavy (non-hydrogen) atoms. The monoisotopic (exact) mass is 601 g/mol. The first-order valence-electron chi connectivity index (χ1n) is 15.1. The molecule has 3 aliphatic rings. The van der Waals surface area contributed by atoms with Crippen LogP contribution in [-0.4, -0.2) is 75.1 Å². The molecule has 0 bridgehead atoms. The second kappa shape index (κ2) is 10.6. The summed E-state index contributed by atoms with van der Waals surface area (Å²) in [5, 5.41) is 12.4. The van der Waals surface area contributed by atoms with Crippen molar-refractivity contribution in [2.24, 2.45) is 0 Å². The van der Waals surface area contributed by atoms with E-state index in [2.05, 4.69) is 20.8 Å². The number of halogens is 3. The fourth-order valence-corrected chi connectivity index (χ4v) is 7.52. The van der Waals surface area contributed by atoms with Crippen molar-refractivity contribution >= 4 is 27.5 Å². The molecule has 3 aliphatic heterocycles. The van der Waals surface area contributed by atoms with E-state index in [1.165, 1.54) is 6.07 Å². The number of nitrogens with zero attached hydrogens (tertiary/aromatic N) is 5. The Bertz CT molecular complexity index is 1840. The van der Waals surface area contributed by atoms with Gasteiger partial charge in [0.2, 0.25) is 0 Å². The van der Waals surface area contributed by atoms with Crippen LogP contribution in [0.5, 0.6) is 6.01 Å². The Kier molecular flexibility index (Phi) is 6.94. The van der Waals surface area contributed by atoms with E-state index in [1.54, 1.807) is 38.1 Å². The Labute approximate surface area is 254 Å². The second-order valence-corrected chi connectivity index (χ2v) is 12.8. The molecule has 2 aromatic carbocycles. The summed E-state index contributed by atoms with van der Waals surface area (Å²) in [6, 6.07) is 8.08. The molecule has 228 valence electrons. The van der Waals surface area contributed by atoms with E-state index < -0.39 is 28.9 Å². The Morgan fingerprint density at radius 2 is 1.91 bits per heavy atom. The number of β-amino-alcohol motifs (C(OH)–C–C–N with tert-alkyl or cyclic N) is 1. The van der Waals surface area contributed by atoms with Crippen molar-refractivity contribution < 1.29 is 23.0 Å². The molecule has 7 nitrogen and oxygen atoms in total. The van der Waals surface area contributed by atoms with Crippen LogP contribution in [0.25, 0.3) is 32.9 Å². The van der Waals surface area contributed by atoms with Gasteiger partial charge in [-0.15, -0.1) is 6.42 Å². The molecular weight excluding hydrogens is 567 g/mol. The summed E-state index contributed by atoms with van der Waals surface area (Å²) in [7, 11) is 0. The number of terminal acetylenes is 1. The topological polar surface area (TPSA) is 74.6 Å². The van der Waals surface area contributed by atoms with Crippen LogP contribution < -0.4 is 9.64 Å². The highest BCUT2D eigenvalue weighted by Crippen LogP contribution is 2.42. The Hall–Kier alpha value is -3.94. The van der Waals surface area contributed by atoms with Crippen LogP contribution >= 0.6 is 0 Å². The average Bonchev–Trinajstić information content (AvgIpc) is 3.52. The van der Waals surface area contributed by atoms with E-state index in [0.717, 1.165) is 19.4 Å². The number of fused-ring (bicyclic) bond motifs is 3. The minimum absolute atomic E-state index is 0.00366. The lowest BCUT2D eigenvalue weighted by Gasteiger charge is -2.38. The number of ether oxygens (including phenoxy) is 1. The summed E-state index contributed by atoms with van der Waals surface area (Å²) < 4.78 is 52.3. The maximum atomic E-state index is 16.8. The maximum absolute atomic E-state index is 16.8. The zero-order valence-electron chi connectivity index (χ0n) is 24.8. The molecule has 5 heterocycles. The van der Waals surface area contributed by atoms with Crippen LogP contribution in [-0.2, 0) is 0 Å². The highest BCUT2D eigenvalue weighted by Gasteiger charge is 2.49. The number of alkyl halides is 1. The third kappa shape index (κ3) is 4.74. The molecular formula is C34H34F3N5O2. The van der Waals surface area contributed by atoms with Crippen molar-refractivity contribution in [2.75, 3.05) is 37.7 Å². The normalized spacial score (nSPS) is 25.5. The molecule has 0 unspecified atom stereocenters. The number of hydrogen-bond acceptors (Lipinski definition) is 7. The number of aromatic nitrogens is 3. The van der Waals surface area contributed by atoms with Crippen LogP contribution in [0.3, 0.4) is 0 Å². The molecule has 0 aliphatic carbocycles. The predicted molar refractivity (Wildman–Crippen MR) is 163 cm³/mol. The quantitative estimate of drug-likeness (QED) is 0.294. The maximum Gasteiger partial charge on any atom is 0.319 e. The van der Waals surface area contributed by atoms with Gasteiger partial charge >= 0.3 is 6.01 Å². The predicted octanol–water partition coefficient (Wildman–Crippen LogP) is 5.72. The van der Waals surface area contributed by atoms with E-state index in [9.17, 15) is 13.9 Å². The van der Waals surface area contributed by atoms with Gasteiger partial charge < -0.3 is 14.7 Å². The summed E-state index contributed by atoms with van der Waals surface area (Å²) in [6.07, 6.45) is 8.26. The van der Waals surface area contributed by atoms with Crippen molar-refractivity contribution in [3.8, 4) is 29.6 Å². The molecule has 0 radical (unpaired) electrons. The summed E-state index contributed by atoms with van der Waals surface area (Å²) >= 11 is 0. The summed E-state index contributed by atoms with van der Waals surface area (Å²) in [6.45, 7) is 5.78. The van der Waals surface area contributed by atoms with Crippen LogP contribution in [0.4, 0.5) is 19.0 Å². The van der Waals surface area contributed by atoms with Gasteiger partial charge in [0, 0.05) is 37.0 Å². The van der Waals surface area contributed by atoms with Crippen LogP contribution in [0.1, 0.15) is 50.3 Å². The SMILES string of the molecule is C#Cc1c(F)ccc2cccc(-c3nc(C)c4c(N5CCC[C@@](C)(O)C5)nc(OC[C@@]56CCCN5C[C@H](F)C6)nc4c3F)c12. The number of rotatable bonds is 5. The van der Waals surface area contributed by atoms with Gasteiger partial charge in [0.1, 0.15) is 35.6 Å². The third-order valence-corrected chi connectivity index (χ3v) is 9.53. The number of pyridine rings is 1. The molecule has 0 spiro atoms. The fraction of sp³-hybridized carbons (Fsp3) is 0.441. The molecule has 10 heteroatoms. The molecule has 3 atom stereocenters. The highest BCUT2D eigenvalue weighted by atomic mass is 19.1. The number of aliphatic hydroxyl groups is 1. The zero-order valence-corrected chi connectivity index (χ0v) is 24.8. The van der Waals surface area contributed by atoms with E-state index in [1.807, 2.05) is 4.90 Å². The number of aryl methyl sites for hydroxylation is 1. The minimum atomic E-state index is -0.960. The highest BCUT2D eigenvalue weighted by molar-refractivity contribution is 6.02. The van der Waals surface area contributed by atoms with Gasteiger partial charge in [-0.3, -0.25) is 4.90 Å². The zero-order chi connectivity index (χ0) is 30.8. The van der Waals surface area contributed by atoms with Crippen molar-refractivity contribution in [1.82, 2.24) is 19.9 Å². The molecule has 3 saturated heterocycles. The fourth-order valence-electron chi connectivity index (χ4n) is 7.52. The summed E-state index contributed by atoms with van der Waals surface area (Å²) in [5.74, 6) is 1.55. The van der Waals surface area contributed by atoms with Crippen LogP contribution in [0.15, 0.2) is 30.3 Å². The van der Waals surface area contributed by atoms with E-state index in [0.29, 0.717) is 65.6 Å². The number of piperidine rings is 1.